The summed E-state index contributed by atoms with van der Waals surface area (Å²) in [6.45, 7) is 0. The van der Waals surface area contributed by atoms with Gasteiger partial charge in [-0.3, -0.25) is 0 Å². The number of nitrogens with zero attached hydrogens (tertiary/aromatic N) is 2. The van der Waals surface area contributed by atoms with Crippen LogP contribution in [0.4, 0.5) is 5.69 Å². The summed E-state index contributed by atoms with van der Waals surface area (Å²) in [5.74, 6) is 1.15. The number of aryl methyl sites for hydroxylation is 3. The van der Waals surface area contributed by atoms with Crippen molar-refractivity contribution in [1.82, 2.24) is 9.55 Å². The highest BCUT2D eigenvalue weighted by atomic mass is 15.1. The van der Waals surface area contributed by atoms with Crippen LogP contribution in [0.25, 0.3) is 11.0 Å². The first-order valence-electron chi connectivity index (χ1n) is 6.99. The zero-order valence-corrected chi connectivity index (χ0v) is 11.7. The van der Waals surface area contributed by atoms with Crippen molar-refractivity contribution in [3.63, 3.8) is 0 Å². The Labute approximate surface area is 119 Å². The lowest BCUT2D eigenvalue weighted by molar-refractivity contribution is 0.733. The van der Waals surface area contributed by atoms with E-state index < -0.39 is 0 Å². The maximum atomic E-state index is 5.70. The third kappa shape index (κ3) is 2.52. The number of fused-ring (bicyclic) bond motifs is 1. The minimum atomic E-state index is 0.823. The fraction of sp³-hybridized carbons (Fsp3) is 0.235. The SMILES string of the molecule is Cn1c(CCCc2ccc(N)cc2)nc2ccccc21. The van der Waals surface area contributed by atoms with Gasteiger partial charge in [0.05, 0.1) is 11.0 Å². The van der Waals surface area contributed by atoms with E-state index in [1.807, 2.05) is 18.2 Å². The van der Waals surface area contributed by atoms with Crippen LogP contribution in [0.5, 0.6) is 0 Å². The van der Waals surface area contributed by atoms with E-state index in [2.05, 4.69) is 41.9 Å². The van der Waals surface area contributed by atoms with Gasteiger partial charge in [-0.15, -0.1) is 0 Å². The Balaban J connectivity index is 1.68. The molecule has 102 valence electrons. The van der Waals surface area contributed by atoms with Gasteiger partial charge in [0, 0.05) is 19.2 Å². The summed E-state index contributed by atoms with van der Waals surface area (Å²) in [6.07, 6.45) is 3.15. The maximum absolute atomic E-state index is 5.70. The van der Waals surface area contributed by atoms with Crippen molar-refractivity contribution in [2.24, 2.45) is 7.05 Å². The molecule has 0 aliphatic heterocycles. The molecule has 0 atom stereocenters. The lowest BCUT2D eigenvalue weighted by atomic mass is 10.1. The van der Waals surface area contributed by atoms with E-state index >= 15 is 0 Å². The molecule has 0 bridgehead atoms. The highest BCUT2D eigenvalue weighted by Crippen LogP contribution is 2.16. The number of nitrogen functional groups attached to an aromatic ring is 1. The maximum Gasteiger partial charge on any atom is 0.109 e. The molecule has 1 aromatic heterocycles. The molecule has 3 aromatic rings. The summed E-state index contributed by atoms with van der Waals surface area (Å²) >= 11 is 0. The molecule has 3 rings (SSSR count). The number of nitrogens with two attached hydrogens (primary N) is 1. The van der Waals surface area contributed by atoms with Crippen LogP contribution in [0.1, 0.15) is 17.8 Å². The van der Waals surface area contributed by atoms with Gasteiger partial charge in [-0.1, -0.05) is 24.3 Å². The van der Waals surface area contributed by atoms with Crippen LogP contribution in [0.15, 0.2) is 48.5 Å². The van der Waals surface area contributed by atoms with Crippen molar-refractivity contribution in [2.45, 2.75) is 19.3 Å². The lowest BCUT2D eigenvalue weighted by Gasteiger charge is -2.03. The summed E-state index contributed by atoms with van der Waals surface area (Å²) in [5.41, 5.74) is 10.1. The highest BCUT2D eigenvalue weighted by molar-refractivity contribution is 5.75. The molecule has 0 saturated carbocycles. The van der Waals surface area contributed by atoms with Crippen molar-refractivity contribution >= 4 is 16.7 Å². The van der Waals surface area contributed by atoms with E-state index in [0.29, 0.717) is 0 Å². The van der Waals surface area contributed by atoms with E-state index in [-0.39, 0.29) is 0 Å². The predicted octanol–water partition coefficient (Wildman–Crippen LogP) is 3.33. The van der Waals surface area contributed by atoms with Gasteiger partial charge in [0.2, 0.25) is 0 Å². The zero-order valence-electron chi connectivity index (χ0n) is 11.7. The first-order chi connectivity index (χ1) is 9.74. The summed E-state index contributed by atoms with van der Waals surface area (Å²) in [5, 5.41) is 0. The normalized spacial score (nSPS) is 11.1. The second-order valence-corrected chi connectivity index (χ2v) is 5.17. The minimum absolute atomic E-state index is 0.823. The first-order valence-corrected chi connectivity index (χ1v) is 6.99. The molecular formula is C17H19N3. The molecular weight excluding hydrogens is 246 g/mol. The number of rotatable bonds is 4. The van der Waals surface area contributed by atoms with Crippen LogP contribution in [0.2, 0.25) is 0 Å². The Bertz CT molecular complexity index is 711. The third-order valence-corrected chi connectivity index (χ3v) is 3.73. The topological polar surface area (TPSA) is 43.8 Å². The average Bonchev–Trinajstić information content (AvgIpc) is 2.78. The fourth-order valence-corrected chi connectivity index (χ4v) is 2.55. The van der Waals surface area contributed by atoms with Gasteiger partial charge >= 0.3 is 0 Å². The van der Waals surface area contributed by atoms with E-state index in [9.17, 15) is 0 Å². The van der Waals surface area contributed by atoms with Gasteiger partial charge in [-0.25, -0.2) is 4.98 Å². The number of anilines is 1. The molecule has 3 nitrogen and oxygen atoms in total. The van der Waals surface area contributed by atoms with Crippen LogP contribution in [0, 0.1) is 0 Å². The molecule has 0 aliphatic carbocycles. The van der Waals surface area contributed by atoms with Gasteiger partial charge < -0.3 is 10.3 Å². The second kappa shape index (κ2) is 5.37. The van der Waals surface area contributed by atoms with Gasteiger partial charge in [-0.05, 0) is 42.7 Å². The molecule has 2 aromatic carbocycles. The Morgan fingerprint density at radius 3 is 2.50 bits per heavy atom. The molecule has 0 fully saturated rings. The number of imidazole rings is 1. The van der Waals surface area contributed by atoms with Crippen molar-refractivity contribution in [1.29, 1.82) is 0 Å². The van der Waals surface area contributed by atoms with Crippen molar-refractivity contribution < 1.29 is 0 Å². The summed E-state index contributed by atoms with van der Waals surface area (Å²) in [7, 11) is 2.09. The molecule has 1 heterocycles. The summed E-state index contributed by atoms with van der Waals surface area (Å²) in [6, 6.07) is 16.4. The average molecular weight is 265 g/mol. The van der Waals surface area contributed by atoms with Crippen LogP contribution in [-0.4, -0.2) is 9.55 Å². The Kier molecular flexibility index (Phi) is 3.42. The molecule has 0 unspecified atom stereocenters. The molecule has 0 radical (unpaired) electrons. The Morgan fingerprint density at radius 2 is 1.75 bits per heavy atom. The Hall–Kier alpha value is -2.29. The minimum Gasteiger partial charge on any atom is -0.399 e. The lowest BCUT2D eigenvalue weighted by Crippen LogP contribution is -1.99. The molecule has 0 amide bonds. The number of aromatic nitrogens is 2. The van der Waals surface area contributed by atoms with Gasteiger partial charge in [-0.2, -0.15) is 0 Å². The fourth-order valence-electron chi connectivity index (χ4n) is 2.55. The third-order valence-electron chi connectivity index (χ3n) is 3.73. The summed E-state index contributed by atoms with van der Waals surface area (Å²) < 4.78 is 2.19. The molecule has 2 N–H and O–H groups in total. The quantitative estimate of drug-likeness (QED) is 0.735. The van der Waals surface area contributed by atoms with Crippen molar-refractivity contribution in [3.8, 4) is 0 Å². The molecule has 20 heavy (non-hydrogen) atoms. The van der Waals surface area contributed by atoms with Crippen LogP contribution in [-0.2, 0) is 19.9 Å². The molecule has 0 aliphatic rings. The number of benzene rings is 2. The Morgan fingerprint density at radius 1 is 1.00 bits per heavy atom. The van der Waals surface area contributed by atoms with Crippen LogP contribution in [0.3, 0.4) is 0 Å². The van der Waals surface area contributed by atoms with Gasteiger partial charge in [0.25, 0.3) is 0 Å². The number of para-hydroxylation sites is 2. The first kappa shape index (κ1) is 12.7. The van der Waals surface area contributed by atoms with Crippen molar-refractivity contribution in [3.05, 3.63) is 59.9 Å². The molecule has 3 heteroatoms. The number of hydrogen-bond acceptors (Lipinski definition) is 2. The van der Waals surface area contributed by atoms with E-state index in [4.69, 9.17) is 10.7 Å². The number of hydrogen-bond donors (Lipinski definition) is 1. The molecule has 0 saturated heterocycles. The van der Waals surface area contributed by atoms with Crippen LogP contribution < -0.4 is 5.73 Å². The standard InChI is InChI=1S/C17H19N3/c1-20-16-7-3-2-6-15(16)19-17(20)8-4-5-13-9-11-14(18)12-10-13/h2-3,6-7,9-12H,4-5,8,18H2,1H3. The van der Waals surface area contributed by atoms with Gasteiger partial charge in [0.15, 0.2) is 0 Å². The largest absolute Gasteiger partial charge is 0.399 e. The van der Waals surface area contributed by atoms with E-state index in [1.165, 1.54) is 11.1 Å². The van der Waals surface area contributed by atoms with E-state index in [0.717, 1.165) is 36.3 Å². The van der Waals surface area contributed by atoms with E-state index in [1.54, 1.807) is 0 Å². The van der Waals surface area contributed by atoms with Gasteiger partial charge in [0.1, 0.15) is 5.82 Å². The second-order valence-electron chi connectivity index (χ2n) is 5.17. The zero-order chi connectivity index (χ0) is 13.9. The summed E-state index contributed by atoms with van der Waals surface area (Å²) in [4.78, 5) is 4.70. The van der Waals surface area contributed by atoms with Crippen LogP contribution >= 0.6 is 0 Å². The smallest absolute Gasteiger partial charge is 0.109 e. The monoisotopic (exact) mass is 265 g/mol. The van der Waals surface area contributed by atoms with Crippen molar-refractivity contribution in [2.75, 3.05) is 5.73 Å². The predicted molar refractivity (Wildman–Crippen MR) is 83.6 cm³/mol. The highest BCUT2D eigenvalue weighted by Gasteiger charge is 2.06. The molecule has 0 spiro atoms.